The fourth-order valence-electron chi connectivity index (χ4n) is 0.580. The quantitative estimate of drug-likeness (QED) is 0.633. The number of hydrogen-bond donors (Lipinski definition) is 0. The molecule has 0 aromatic heterocycles. The van der Waals surface area contributed by atoms with Crippen LogP contribution in [0.15, 0.2) is 11.4 Å². The van der Waals surface area contributed by atoms with E-state index in [0.717, 1.165) is 12.8 Å². The molecule has 0 bridgehead atoms. The van der Waals surface area contributed by atoms with E-state index in [-0.39, 0.29) is 0 Å². The third kappa shape index (κ3) is 4.81. The summed E-state index contributed by atoms with van der Waals surface area (Å²) in [5, 5.41) is 0. The molecular formula is C8H17AsO3. The van der Waals surface area contributed by atoms with Crippen LogP contribution in [0.3, 0.4) is 0 Å². The van der Waals surface area contributed by atoms with E-state index < -0.39 is 14.2 Å². The van der Waals surface area contributed by atoms with Crippen LogP contribution in [0, 0.1) is 0 Å². The Balaban J connectivity index is 3.87. The van der Waals surface area contributed by atoms with Crippen LogP contribution in [0.1, 0.15) is 26.7 Å². The molecule has 0 aliphatic carbocycles. The molecule has 4 heteroatoms. The molecule has 0 amide bonds. The van der Waals surface area contributed by atoms with E-state index in [4.69, 9.17) is 7.45 Å². The van der Waals surface area contributed by atoms with Crippen LogP contribution in [0.4, 0.5) is 0 Å². The standard InChI is InChI=1S/C8H17AsO3/c1-4-7-11-9(10,6-3)12-8-5-2/h6H,3-5,7-8H2,1-2H3. The van der Waals surface area contributed by atoms with Crippen molar-refractivity contribution in [1.82, 2.24) is 0 Å². The van der Waals surface area contributed by atoms with Crippen LogP contribution in [-0.4, -0.2) is 27.4 Å². The Labute approximate surface area is 77.1 Å². The zero-order chi connectivity index (χ0) is 9.45. The van der Waals surface area contributed by atoms with Gasteiger partial charge in [-0.3, -0.25) is 0 Å². The number of rotatable bonds is 7. The average Bonchev–Trinajstić information content (AvgIpc) is 2.11. The molecule has 0 N–H and O–H groups in total. The van der Waals surface area contributed by atoms with Crippen molar-refractivity contribution >= 4 is 14.2 Å². The summed E-state index contributed by atoms with van der Waals surface area (Å²) >= 11 is -3.59. The Kier molecular flexibility index (Phi) is 6.54. The second-order valence-electron chi connectivity index (χ2n) is 2.39. The molecule has 72 valence electrons. The Hall–Kier alpha value is 0.0184. The molecule has 0 saturated carbocycles. The summed E-state index contributed by atoms with van der Waals surface area (Å²) in [6.45, 7) is 8.33. The molecule has 0 aromatic carbocycles. The van der Waals surface area contributed by atoms with Gasteiger partial charge in [-0.15, -0.1) is 0 Å². The van der Waals surface area contributed by atoms with Crippen molar-refractivity contribution in [3.05, 3.63) is 11.4 Å². The molecule has 0 aliphatic rings. The minimum absolute atomic E-state index is 0.478. The summed E-state index contributed by atoms with van der Waals surface area (Å²) in [7, 11) is 0. The van der Waals surface area contributed by atoms with Crippen molar-refractivity contribution < 1.29 is 11.2 Å². The molecule has 0 aliphatic heterocycles. The van der Waals surface area contributed by atoms with Crippen molar-refractivity contribution in [1.29, 1.82) is 0 Å². The first-order chi connectivity index (χ1) is 5.68. The third-order valence-corrected chi connectivity index (χ3v) is 4.39. The fraction of sp³-hybridized carbons (Fsp3) is 0.750. The molecule has 0 spiro atoms. The molecule has 12 heavy (non-hydrogen) atoms. The van der Waals surface area contributed by atoms with Gasteiger partial charge in [-0.1, -0.05) is 0 Å². The van der Waals surface area contributed by atoms with Crippen molar-refractivity contribution in [2.75, 3.05) is 13.2 Å². The summed E-state index contributed by atoms with van der Waals surface area (Å²) in [4.78, 5) is 1.32. The molecule has 3 nitrogen and oxygen atoms in total. The fourth-order valence-corrected chi connectivity index (χ4v) is 3.01. The van der Waals surface area contributed by atoms with E-state index in [9.17, 15) is 3.74 Å². The molecule has 0 rings (SSSR count). The van der Waals surface area contributed by atoms with Crippen LogP contribution >= 0.6 is 0 Å². The van der Waals surface area contributed by atoms with Crippen molar-refractivity contribution in [2.45, 2.75) is 26.7 Å². The minimum atomic E-state index is -3.59. The summed E-state index contributed by atoms with van der Waals surface area (Å²) in [5.74, 6) is 0. The molecule has 0 fully saturated rings. The van der Waals surface area contributed by atoms with Crippen LogP contribution in [0.2, 0.25) is 0 Å². The maximum absolute atomic E-state index is 11.6. The maximum atomic E-state index is 11.6. The molecule has 0 unspecified atom stereocenters. The van der Waals surface area contributed by atoms with Gasteiger partial charge in [0.1, 0.15) is 0 Å². The van der Waals surface area contributed by atoms with E-state index in [1.54, 1.807) is 0 Å². The zero-order valence-electron chi connectivity index (χ0n) is 7.78. The summed E-state index contributed by atoms with van der Waals surface area (Å²) in [5.41, 5.74) is 0. The Morgan fingerprint density at radius 3 is 1.92 bits per heavy atom. The van der Waals surface area contributed by atoms with Gasteiger partial charge < -0.3 is 0 Å². The normalized spacial score (nSPS) is 11.5. The van der Waals surface area contributed by atoms with Gasteiger partial charge in [0, 0.05) is 0 Å². The first kappa shape index (κ1) is 12.0. The third-order valence-electron chi connectivity index (χ3n) is 1.17. The molecule has 0 saturated heterocycles. The molecule has 0 radical (unpaired) electrons. The number of hydrogen-bond acceptors (Lipinski definition) is 3. The molecule has 0 heterocycles. The van der Waals surface area contributed by atoms with Crippen molar-refractivity contribution in [3.63, 3.8) is 0 Å². The van der Waals surface area contributed by atoms with Crippen LogP contribution in [0.5, 0.6) is 0 Å². The summed E-state index contributed by atoms with van der Waals surface area (Å²) in [6.07, 6.45) is 1.68. The van der Waals surface area contributed by atoms with Gasteiger partial charge in [-0.2, -0.15) is 0 Å². The Morgan fingerprint density at radius 1 is 1.25 bits per heavy atom. The van der Waals surface area contributed by atoms with Gasteiger partial charge in [0.15, 0.2) is 0 Å². The van der Waals surface area contributed by atoms with E-state index in [2.05, 4.69) is 6.58 Å². The predicted molar refractivity (Wildman–Crippen MR) is 49.1 cm³/mol. The van der Waals surface area contributed by atoms with Gasteiger partial charge in [0.25, 0.3) is 0 Å². The molecule has 0 aromatic rings. The summed E-state index contributed by atoms with van der Waals surface area (Å²) in [6, 6.07) is 0. The Bertz CT molecular complexity index is 156. The first-order valence-electron chi connectivity index (χ1n) is 4.21. The van der Waals surface area contributed by atoms with Gasteiger partial charge in [-0.25, -0.2) is 0 Å². The monoisotopic (exact) mass is 236 g/mol. The van der Waals surface area contributed by atoms with E-state index in [1.165, 1.54) is 4.86 Å². The van der Waals surface area contributed by atoms with Crippen LogP contribution in [0.25, 0.3) is 0 Å². The van der Waals surface area contributed by atoms with Gasteiger partial charge >= 0.3 is 76.7 Å². The zero-order valence-corrected chi connectivity index (χ0v) is 9.66. The van der Waals surface area contributed by atoms with Crippen molar-refractivity contribution in [2.24, 2.45) is 0 Å². The van der Waals surface area contributed by atoms with E-state index >= 15 is 0 Å². The van der Waals surface area contributed by atoms with Gasteiger partial charge in [0.05, 0.1) is 0 Å². The second kappa shape index (κ2) is 6.53. The SMILES string of the molecule is C=C[As](=O)(OCCC)OCCC. The van der Waals surface area contributed by atoms with Crippen LogP contribution in [-0.2, 0) is 11.2 Å². The van der Waals surface area contributed by atoms with E-state index in [1.807, 2.05) is 13.8 Å². The first-order valence-corrected chi connectivity index (χ1v) is 7.59. The summed E-state index contributed by atoms with van der Waals surface area (Å²) < 4.78 is 21.8. The predicted octanol–water partition coefficient (Wildman–Crippen LogP) is 1.93. The van der Waals surface area contributed by atoms with Gasteiger partial charge in [0.2, 0.25) is 0 Å². The Morgan fingerprint density at radius 2 is 1.67 bits per heavy atom. The van der Waals surface area contributed by atoms with Crippen LogP contribution < -0.4 is 0 Å². The second-order valence-corrected chi connectivity index (χ2v) is 6.50. The molecule has 0 atom stereocenters. The topological polar surface area (TPSA) is 35.5 Å². The average molecular weight is 236 g/mol. The van der Waals surface area contributed by atoms with Crippen molar-refractivity contribution in [3.8, 4) is 0 Å². The van der Waals surface area contributed by atoms with E-state index in [0.29, 0.717) is 13.2 Å². The molecular weight excluding hydrogens is 219 g/mol. The van der Waals surface area contributed by atoms with Gasteiger partial charge in [-0.05, 0) is 0 Å².